The third-order valence-corrected chi connectivity index (χ3v) is 0.789. The van der Waals surface area contributed by atoms with Crippen LogP contribution in [0.2, 0.25) is 0 Å². The van der Waals surface area contributed by atoms with Crippen molar-refractivity contribution in [2.24, 2.45) is 5.73 Å². The number of rotatable bonds is 0. The fourth-order valence-corrected chi connectivity index (χ4v) is 0. The molecule has 0 aliphatic carbocycles. The molecule has 2 N–H and O–H groups in total. The van der Waals surface area contributed by atoms with Crippen molar-refractivity contribution in [3.8, 4) is 0 Å². The SMILES string of the molecule is CC.CC(C)=C(C)N. The van der Waals surface area contributed by atoms with Gasteiger partial charge in [-0.15, -0.1) is 0 Å². The lowest BCUT2D eigenvalue weighted by atomic mass is 10.3. The highest BCUT2D eigenvalue weighted by Crippen LogP contribution is 1.90. The van der Waals surface area contributed by atoms with Gasteiger partial charge in [0, 0.05) is 5.70 Å². The van der Waals surface area contributed by atoms with Gasteiger partial charge in [-0.2, -0.15) is 0 Å². The zero-order valence-electron chi connectivity index (χ0n) is 6.58. The third kappa shape index (κ3) is 9.11. The van der Waals surface area contributed by atoms with Gasteiger partial charge in [-0.05, 0) is 20.8 Å². The zero-order chi connectivity index (χ0) is 7.15. The van der Waals surface area contributed by atoms with E-state index in [1.807, 2.05) is 34.6 Å². The minimum Gasteiger partial charge on any atom is -0.402 e. The molecule has 0 spiro atoms. The van der Waals surface area contributed by atoms with Gasteiger partial charge in [0.15, 0.2) is 0 Å². The fourth-order valence-electron chi connectivity index (χ4n) is 0. The molecule has 0 saturated carbocycles. The number of allylic oxidation sites excluding steroid dienone is 2. The van der Waals surface area contributed by atoms with Crippen LogP contribution in [-0.4, -0.2) is 0 Å². The number of nitrogens with two attached hydrogens (primary N) is 1. The molecule has 0 saturated heterocycles. The van der Waals surface area contributed by atoms with Crippen LogP contribution >= 0.6 is 0 Å². The summed E-state index contributed by atoms with van der Waals surface area (Å²) in [6.45, 7) is 9.89. The molecule has 0 aromatic rings. The summed E-state index contributed by atoms with van der Waals surface area (Å²) in [5.74, 6) is 0. The second-order valence-corrected chi connectivity index (χ2v) is 1.68. The first-order valence-corrected chi connectivity index (χ1v) is 3.04. The van der Waals surface area contributed by atoms with Crippen molar-refractivity contribution >= 4 is 0 Å². The summed E-state index contributed by atoms with van der Waals surface area (Å²) in [5, 5.41) is 0. The van der Waals surface area contributed by atoms with Crippen LogP contribution in [0.15, 0.2) is 11.3 Å². The van der Waals surface area contributed by atoms with Crippen molar-refractivity contribution in [3.63, 3.8) is 0 Å². The van der Waals surface area contributed by atoms with Crippen molar-refractivity contribution in [2.75, 3.05) is 0 Å². The fraction of sp³-hybridized carbons (Fsp3) is 0.714. The van der Waals surface area contributed by atoms with Crippen molar-refractivity contribution < 1.29 is 0 Å². The minimum atomic E-state index is 0.926. The average Bonchev–Trinajstić information content (AvgIpc) is 1.72. The molecule has 0 heterocycles. The third-order valence-electron chi connectivity index (χ3n) is 0.789. The quantitative estimate of drug-likeness (QED) is 0.515. The summed E-state index contributed by atoms with van der Waals surface area (Å²) in [6.07, 6.45) is 0. The topological polar surface area (TPSA) is 26.0 Å². The van der Waals surface area contributed by atoms with E-state index in [2.05, 4.69) is 0 Å². The van der Waals surface area contributed by atoms with E-state index < -0.39 is 0 Å². The molecule has 0 aliphatic heterocycles. The van der Waals surface area contributed by atoms with E-state index in [1.54, 1.807) is 0 Å². The molecule has 1 nitrogen and oxygen atoms in total. The molecule has 0 aromatic heterocycles. The zero-order valence-corrected chi connectivity index (χ0v) is 6.58. The van der Waals surface area contributed by atoms with Crippen LogP contribution in [0.1, 0.15) is 34.6 Å². The first-order valence-electron chi connectivity index (χ1n) is 3.04. The largest absolute Gasteiger partial charge is 0.402 e. The molecule has 50 valence electrons. The molecule has 0 rings (SSSR count). The van der Waals surface area contributed by atoms with E-state index in [-0.39, 0.29) is 0 Å². The predicted octanol–water partition coefficient (Wildman–Crippen LogP) is 2.29. The van der Waals surface area contributed by atoms with Gasteiger partial charge < -0.3 is 5.73 Å². The molecule has 0 bridgehead atoms. The maximum Gasteiger partial charge on any atom is 0.00351 e. The van der Waals surface area contributed by atoms with Crippen molar-refractivity contribution in [3.05, 3.63) is 11.3 Å². The Bertz CT molecular complexity index is 54.5. The summed E-state index contributed by atoms with van der Waals surface area (Å²) < 4.78 is 0. The van der Waals surface area contributed by atoms with Crippen LogP contribution in [-0.2, 0) is 0 Å². The van der Waals surface area contributed by atoms with Crippen LogP contribution in [0.3, 0.4) is 0 Å². The van der Waals surface area contributed by atoms with Crippen molar-refractivity contribution in [2.45, 2.75) is 34.6 Å². The van der Waals surface area contributed by atoms with Gasteiger partial charge in [-0.25, -0.2) is 0 Å². The van der Waals surface area contributed by atoms with E-state index in [9.17, 15) is 0 Å². The maximum atomic E-state index is 5.31. The highest BCUT2D eigenvalue weighted by atomic mass is 14.5. The van der Waals surface area contributed by atoms with Crippen LogP contribution < -0.4 is 5.73 Å². The molecule has 0 aliphatic rings. The Hall–Kier alpha value is -0.460. The first-order chi connectivity index (χ1) is 3.64. The van der Waals surface area contributed by atoms with Gasteiger partial charge in [0.05, 0.1) is 0 Å². The highest BCUT2D eigenvalue weighted by Gasteiger charge is 1.75. The minimum absolute atomic E-state index is 0.926. The second kappa shape index (κ2) is 6.54. The van der Waals surface area contributed by atoms with Crippen molar-refractivity contribution in [1.82, 2.24) is 0 Å². The summed E-state index contributed by atoms with van der Waals surface area (Å²) >= 11 is 0. The number of hydrogen-bond donors (Lipinski definition) is 1. The first kappa shape index (κ1) is 10.5. The van der Waals surface area contributed by atoms with Gasteiger partial charge in [0.2, 0.25) is 0 Å². The smallest absolute Gasteiger partial charge is 0.00351 e. The Labute approximate surface area is 52.6 Å². The normalized spacial score (nSPS) is 6.62. The molecule has 0 amide bonds. The Morgan fingerprint density at radius 3 is 1.12 bits per heavy atom. The lowest BCUT2D eigenvalue weighted by molar-refractivity contribution is 1.19. The predicted molar refractivity (Wildman–Crippen MR) is 39.6 cm³/mol. The summed E-state index contributed by atoms with van der Waals surface area (Å²) in [7, 11) is 0. The van der Waals surface area contributed by atoms with E-state index in [1.165, 1.54) is 5.57 Å². The van der Waals surface area contributed by atoms with Crippen molar-refractivity contribution in [1.29, 1.82) is 0 Å². The average molecular weight is 115 g/mol. The van der Waals surface area contributed by atoms with Gasteiger partial charge in [0.1, 0.15) is 0 Å². The molecule has 0 radical (unpaired) electrons. The van der Waals surface area contributed by atoms with Crippen LogP contribution in [0.5, 0.6) is 0 Å². The molecule has 0 fully saturated rings. The van der Waals surface area contributed by atoms with Crippen LogP contribution in [0.25, 0.3) is 0 Å². The van der Waals surface area contributed by atoms with Gasteiger partial charge in [-0.3, -0.25) is 0 Å². The lowest BCUT2D eigenvalue weighted by Gasteiger charge is -1.88. The molecule has 0 unspecified atom stereocenters. The standard InChI is InChI=1S/C5H11N.C2H6/c1-4(2)5(3)6;1-2/h6H2,1-3H3;1-2H3. The van der Waals surface area contributed by atoms with E-state index in [4.69, 9.17) is 5.73 Å². The van der Waals surface area contributed by atoms with E-state index in [0.717, 1.165) is 5.70 Å². The summed E-state index contributed by atoms with van der Waals surface area (Å²) in [6, 6.07) is 0. The molecular weight excluding hydrogens is 98.1 g/mol. The molecule has 1 heteroatoms. The molecule has 0 atom stereocenters. The van der Waals surface area contributed by atoms with Gasteiger partial charge in [-0.1, -0.05) is 19.4 Å². The maximum absolute atomic E-state index is 5.31. The van der Waals surface area contributed by atoms with E-state index in [0.29, 0.717) is 0 Å². The molecular formula is C7H17N. The Balaban J connectivity index is 0. The summed E-state index contributed by atoms with van der Waals surface area (Å²) in [4.78, 5) is 0. The Kier molecular flexibility index (Phi) is 8.59. The summed E-state index contributed by atoms with van der Waals surface area (Å²) in [5.41, 5.74) is 7.44. The Morgan fingerprint density at radius 1 is 1.00 bits per heavy atom. The van der Waals surface area contributed by atoms with Crippen LogP contribution in [0.4, 0.5) is 0 Å². The molecule has 0 aromatic carbocycles. The monoisotopic (exact) mass is 115 g/mol. The highest BCUT2D eigenvalue weighted by molar-refractivity contribution is 5.00. The Morgan fingerprint density at radius 2 is 1.12 bits per heavy atom. The van der Waals surface area contributed by atoms with Gasteiger partial charge in [0.25, 0.3) is 0 Å². The van der Waals surface area contributed by atoms with Crippen LogP contribution in [0, 0.1) is 0 Å². The molecule has 8 heavy (non-hydrogen) atoms. The lowest BCUT2D eigenvalue weighted by Crippen LogP contribution is -1.91. The van der Waals surface area contributed by atoms with Gasteiger partial charge >= 0.3 is 0 Å². The number of hydrogen-bond acceptors (Lipinski definition) is 1. The second-order valence-electron chi connectivity index (χ2n) is 1.68. The van der Waals surface area contributed by atoms with E-state index >= 15 is 0 Å².